The third-order valence-electron chi connectivity index (χ3n) is 3.38. The fourth-order valence-electron chi connectivity index (χ4n) is 2.21. The maximum atomic E-state index is 12.0. The van der Waals surface area contributed by atoms with Gasteiger partial charge in [0.15, 0.2) is 5.75 Å². The molecule has 9 nitrogen and oxygen atoms in total. The Morgan fingerprint density at radius 3 is 2.33 bits per heavy atom. The molecule has 0 heterocycles. The van der Waals surface area contributed by atoms with E-state index >= 15 is 0 Å². The molecule has 2 aromatic carbocycles. The van der Waals surface area contributed by atoms with Gasteiger partial charge in [-0.25, -0.2) is 4.79 Å². The van der Waals surface area contributed by atoms with Crippen LogP contribution in [0.4, 0.5) is 21.9 Å². The number of carbonyl (C=O) groups is 2. The van der Waals surface area contributed by atoms with Gasteiger partial charge in [0.1, 0.15) is 0 Å². The molecule has 142 valence electrons. The number of anilines is 2. The number of nitro benzene ring substituents is 1. The minimum atomic E-state index is -0.665. The van der Waals surface area contributed by atoms with E-state index < -0.39 is 11.0 Å². The van der Waals surface area contributed by atoms with Crippen molar-refractivity contribution in [3.05, 3.63) is 58.1 Å². The molecule has 0 bridgehead atoms. The first-order chi connectivity index (χ1) is 12.9. The van der Waals surface area contributed by atoms with E-state index in [0.717, 1.165) is 5.56 Å². The summed E-state index contributed by atoms with van der Waals surface area (Å²) in [6, 6.07) is 10.5. The van der Waals surface area contributed by atoms with Crippen LogP contribution in [-0.4, -0.2) is 29.7 Å². The molecule has 0 aromatic heterocycles. The summed E-state index contributed by atoms with van der Waals surface area (Å²) in [5, 5.41) is 16.2. The van der Waals surface area contributed by atoms with Gasteiger partial charge >= 0.3 is 11.7 Å². The van der Waals surface area contributed by atoms with Crippen molar-refractivity contribution >= 4 is 40.8 Å². The van der Waals surface area contributed by atoms with Crippen LogP contribution < -0.4 is 21.1 Å². The van der Waals surface area contributed by atoms with Crippen LogP contribution in [0, 0.1) is 10.1 Å². The first kappa shape index (κ1) is 20.0. The van der Waals surface area contributed by atoms with Gasteiger partial charge in [0.05, 0.1) is 17.8 Å². The van der Waals surface area contributed by atoms with Crippen LogP contribution in [0.25, 0.3) is 0 Å². The SMILES string of the molecule is COc1ccc(CSCC(=O)Nc2ccc(NC(N)=O)cc2)cc1[N+](=O)[O-]. The number of primary amides is 1. The predicted molar refractivity (Wildman–Crippen MR) is 104 cm³/mol. The van der Waals surface area contributed by atoms with Crippen LogP contribution in [0.5, 0.6) is 5.75 Å². The Hall–Kier alpha value is -3.27. The number of nitro groups is 1. The third kappa shape index (κ3) is 6.19. The number of nitrogens with zero attached hydrogens (tertiary/aromatic N) is 1. The molecular weight excluding hydrogens is 372 g/mol. The molecule has 2 aromatic rings. The quantitative estimate of drug-likeness (QED) is 0.468. The number of benzene rings is 2. The standard InChI is InChI=1S/C17H18N4O5S/c1-26-15-7-2-11(8-14(15)21(24)25)9-27-10-16(22)19-12-3-5-13(6-4-12)20-17(18)23/h2-8H,9-10H2,1H3,(H,19,22)(H3,18,20,23). The number of ether oxygens (including phenoxy) is 1. The van der Waals surface area contributed by atoms with Crippen LogP contribution in [0.15, 0.2) is 42.5 Å². The highest BCUT2D eigenvalue weighted by atomic mass is 32.2. The fraction of sp³-hybridized carbons (Fsp3) is 0.176. The maximum Gasteiger partial charge on any atom is 0.316 e. The van der Waals surface area contributed by atoms with Gasteiger partial charge in [-0.05, 0) is 35.9 Å². The molecule has 0 saturated carbocycles. The first-order valence-electron chi connectivity index (χ1n) is 7.74. The molecule has 0 aliphatic heterocycles. The largest absolute Gasteiger partial charge is 0.490 e. The molecule has 3 amide bonds. The van der Waals surface area contributed by atoms with Crippen molar-refractivity contribution < 1.29 is 19.2 Å². The van der Waals surface area contributed by atoms with Gasteiger partial charge in [-0.1, -0.05) is 6.07 Å². The van der Waals surface area contributed by atoms with Crippen molar-refractivity contribution in [1.82, 2.24) is 0 Å². The summed E-state index contributed by atoms with van der Waals surface area (Å²) in [5.41, 5.74) is 6.74. The fourth-order valence-corrected chi connectivity index (χ4v) is 2.98. The number of thioether (sulfide) groups is 1. The average Bonchev–Trinajstić information content (AvgIpc) is 2.62. The van der Waals surface area contributed by atoms with Crippen molar-refractivity contribution in [2.45, 2.75) is 5.75 Å². The highest BCUT2D eigenvalue weighted by molar-refractivity contribution is 7.99. The highest BCUT2D eigenvalue weighted by Gasteiger charge is 2.15. The van der Waals surface area contributed by atoms with Crippen LogP contribution in [-0.2, 0) is 10.5 Å². The second-order valence-corrected chi connectivity index (χ2v) is 6.36. The molecule has 0 fully saturated rings. The molecule has 0 saturated heterocycles. The second kappa shape index (κ2) is 9.43. The third-order valence-corrected chi connectivity index (χ3v) is 4.38. The predicted octanol–water partition coefficient (Wildman–Crippen LogP) is 2.97. The lowest BCUT2D eigenvalue weighted by Gasteiger charge is -2.07. The average molecular weight is 390 g/mol. The van der Waals surface area contributed by atoms with Crippen molar-refractivity contribution in [3.8, 4) is 5.75 Å². The summed E-state index contributed by atoms with van der Waals surface area (Å²) >= 11 is 1.33. The molecule has 2 rings (SSSR count). The van der Waals surface area contributed by atoms with E-state index in [0.29, 0.717) is 17.1 Å². The van der Waals surface area contributed by atoms with Gasteiger partial charge in [-0.3, -0.25) is 14.9 Å². The second-order valence-electron chi connectivity index (χ2n) is 5.37. The van der Waals surface area contributed by atoms with Gasteiger partial charge < -0.3 is 21.1 Å². The number of hydrogen-bond donors (Lipinski definition) is 3. The van der Waals surface area contributed by atoms with Crippen LogP contribution in [0.1, 0.15) is 5.56 Å². The summed E-state index contributed by atoms with van der Waals surface area (Å²) in [5.74, 6) is 0.611. The first-order valence-corrected chi connectivity index (χ1v) is 8.90. The summed E-state index contributed by atoms with van der Waals surface area (Å²) in [6.07, 6.45) is 0. The number of amides is 3. The monoisotopic (exact) mass is 390 g/mol. The van der Waals surface area contributed by atoms with Gasteiger partial charge in [0, 0.05) is 23.2 Å². The van der Waals surface area contributed by atoms with E-state index in [4.69, 9.17) is 10.5 Å². The Morgan fingerprint density at radius 1 is 1.15 bits per heavy atom. The van der Waals surface area contributed by atoms with E-state index in [1.807, 2.05) is 0 Å². The number of carbonyl (C=O) groups excluding carboxylic acids is 2. The molecule has 27 heavy (non-hydrogen) atoms. The minimum absolute atomic E-state index is 0.107. The lowest BCUT2D eigenvalue weighted by Crippen LogP contribution is -2.19. The van der Waals surface area contributed by atoms with Crippen LogP contribution in [0.3, 0.4) is 0 Å². The number of nitrogens with one attached hydrogen (secondary N) is 2. The Kier molecular flexibility index (Phi) is 7.00. The zero-order valence-electron chi connectivity index (χ0n) is 14.4. The molecule has 0 aliphatic carbocycles. The highest BCUT2D eigenvalue weighted by Crippen LogP contribution is 2.29. The Morgan fingerprint density at radius 2 is 1.78 bits per heavy atom. The van der Waals surface area contributed by atoms with Gasteiger partial charge in [0.25, 0.3) is 0 Å². The zero-order valence-corrected chi connectivity index (χ0v) is 15.2. The number of rotatable bonds is 8. The lowest BCUT2D eigenvalue weighted by molar-refractivity contribution is -0.385. The van der Waals surface area contributed by atoms with Crippen molar-refractivity contribution in [2.75, 3.05) is 23.5 Å². The molecule has 0 radical (unpaired) electrons. The summed E-state index contributed by atoms with van der Waals surface area (Å²) in [4.78, 5) is 33.3. The molecule has 10 heteroatoms. The van der Waals surface area contributed by atoms with Crippen LogP contribution >= 0.6 is 11.8 Å². The minimum Gasteiger partial charge on any atom is -0.490 e. The van der Waals surface area contributed by atoms with Gasteiger partial charge in [-0.15, -0.1) is 11.8 Å². The number of hydrogen-bond acceptors (Lipinski definition) is 6. The maximum absolute atomic E-state index is 12.0. The molecule has 0 spiro atoms. The van der Waals surface area contributed by atoms with Gasteiger partial charge in [-0.2, -0.15) is 0 Å². The van der Waals surface area contributed by atoms with E-state index in [2.05, 4.69) is 10.6 Å². The normalized spacial score (nSPS) is 10.1. The Bertz CT molecular complexity index is 842. The molecular formula is C17H18N4O5S. The van der Waals surface area contributed by atoms with E-state index in [1.54, 1.807) is 30.3 Å². The van der Waals surface area contributed by atoms with E-state index in [1.165, 1.54) is 31.0 Å². The number of nitrogens with two attached hydrogens (primary N) is 1. The number of methoxy groups -OCH3 is 1. The lowest BCUT2D eigenvalue weighted by atomic mass is 10.2. The molecule has 4 N–H and O–H groups in total. The molecule has 0 unspecified atom stereocenters. The van der Waals surface area contributed by atoms with Crippen molar-refractivity contribution in [2.24, 2.45) is 5.73 Å². The topological polar surface area (TPSA) is 137 Å². The Labute approximate surface area is 159 Å². The van der Waals surface area contributed by atoms with Gasteiger partial charge in [0.2, 0.25) is 5.91 Å². The van der Waals surface area contributed by atoms with E-state index in [9.17, 15) is 19.7 Å². The summed E-state index contributed by atoms with van der Waals surface area (Å²) < 4.78 is 4.96. The van der Waals surface area contributed by atoms with Crippen LogP contribution in [0.2, 0.25) is 0 Å². The van der Waals surface area contributed by atoms with Crippen molar-refractivity contribution in [1.29, 1.82) is 0 Å². The summed E-state index contributed by atoms with van der Waals surface area (Å²) in [6.45, 7) is 0. The molecule has 0 aliphatic rings. The number of urea groups is 1. The van der Waals surface area contributed by atoms with E-state index in [-0.39, 0.29) is 23.1 Å². The zero-order chi connectivity index (χ0) is 19.8. The molecule has 0 atom stereocenters. The van der Waals surface area contributed by atoms with Crippen molar-refractivity contribution in [3.63, 3.8) is 0 Å². The summed E-state index contributed by atoms with van der Waals surface area (Å²) in [7, 11) is 1.37. The Balaban J connectivity index is 1.84. The smallest absolute Gasteiger partial charge is 0.316 e.